The van der Waals surface area contributed by atoms with Crippen LogP contribution in [0.3, 0.4) is 0 Å². The molecular weight excluding hydrogens is 214 g/mol. The highest BCUT2D eigenvalue weighted by Gasteiger charge is 2.13. The zero-order valence-electron chi connectivity index (χ0n) is 8.43. The van der Waals surface area contributed by atoms with E-state index in [2.05, 4.69) is 4.83 Å². The Hall–Kier alpha value is -1.42. The molecule has 1 N–H and O–H groups in total. The Balaban J connectivity index is 3.02. The Morgan fingerprint density at radius 3 is 2.20 bits per heavy atom. The first-order valence-corrected chi connectivity index (χ1v) is 5.64. The van der Waals surface area contributed by atoms with Crippen molar-refractivity contribution in [2.75, 3.05) is 14.1 Å². The van der Waals surface area contributed by atoms with Gasteiger partial charge in [0.2, 0.25) is 0 Å². The molecule has 0 fully saturated rings. The number of rotatable bonds is 3. The van der Waals surface area contributed by atoms with Gasteiger partial charge in [0.25, 0.3) is 10.0 Å². The number of benzene rings is 1. The van der Waals surface area contributed by atoms with E-state index >= 15 is 0 Å². The normalized spacial score (nSPS) is 11.3. The van der Waals surface area contributed by atoms with Crippen LogP contribution in [0.25, 0.3) is 0 Å². The lowest BCUT2D eigenvalue weighted by atomic mass is 10.2. The number of sulfonamides is 1. The van der Waals surface area contributed by atoms with E-state index in [0.717, 1.165) is 0 Å². The molecule has 5 nitrogen and oxygen atoms in total. The third-order valence-electron chi connectivity index (χ3n) is 1.60. The van der Waals surface area contributed by atoms with Crippen LogP contribution >= 0.6 is 0 Å². The second kappa shape index (κ2) is 4.40. The van der Waals surface area contributed by atoms with E-state index in [-0.39, 0.29) is 4.90 Å². The molecule has 0 unspecified atom stereocenters. The zero-order chi connectivity index (χ0) is 11.5. The Kier molecular flexibility index (Phi) is 3.42. The minimum atomic E-state index is -3.52. The molecule has 1 aromatic carbocycles. The maximum atomic E-state index is 11.6. The van der Waals surface area contributed by atoms with Gasteiger partial charge in [0.1, 0.15) is 0 Å². The summed E-state index contributed by atoms with van der Waals surface area (Å²) < 4.78 is 23.2. The maximum absolute atomic E-state index is 11.6. The van der Waals surface area contributed by atoms with Crippen LogP contribution in [0.4, 0.5) is 0 Å². The first kappa shape index (κ1) is 11.7. The molecule has 0 bridgehead atoms. The summed E-state index contributed by atoms with van der Waals surface area (Å²) in [7, 11) is -0.349. The highest BCUT2D eigenvalue weighted by molar-refractivity contribution is 7.89. The lowest BCUT2D eigenvalue weighted by molar-refractivity contribution is 0.364. The fourth-order valence-electron chi connectivity index (χ4n) is 1.00. The lowest BCUT2D eigenvalue weighted by Gasteiger charge is -2.12. The smallest absolute Gasteiger partial charge is 0.237 e. The van der Waals surface area contributed by atoms with Crippen molar-refractivity contribution in [2.24, 2.45) is 0 Å². The van der Waals surface area contributed by atoms with Gasteiger partial charge in [-0.25, -0.2) is 13.4 Å². The second-order valence-corrected chi connectivity index (χ2v) is 4.79. The SMILES string of the molecule is CN(C)NS(=O)(=O)c1ccc(C#N)cc1. The highest BCUT2D eigenvalue weighted by Crippen LogP contribution is 2.09. The molecule has 0 aliphatic carbocycles. The Bertz CT molecular complexity index is 471. The van der Waals surface area contributed by atoms with Crippen LogP contribution in [0, 0.1) is 11.3 Å². The summed E-state index contributed by atoms with van der Waals surface area (Å²) in [6.45, 7) is 0. The minimum Gasteiger partial charge on any atom is -0.237 e. The van der Waals surface area contributed by atoms with Crippen LogP contribution in [0.2, 0.25) is 0 Å². The quantitative estimate of drug-likeness (QED) is 0.751. The average Bonchev–Trinajstić information content (AvgIpc) is 2.16. The summed E-state index contributed by atoms with van der Waals surface area (Å²) >= 11 is 0. The molecule has 1 rings (SSSR count). The lowest BCUT2D eigenvalue weighted by Crippen LogP contribution is -2.36. The van der Waals surface area contributed by atoms with Gasteiger partial charge in [-0.3, -0.25) is 0 Å². The van der Waals surface area contributed by atoms with E-state index < -0.39 is 10.0 Å². The van der Waals surface area contributed by atoms with Crippen LogP contribution in [0.15, 0.2) is 29.2 Å². The van der Waals surface area contributed by atoms with E-state index in [4.69, 9.17) is 5.26 Å². The fourth-order valence-corrected chi connectivity index (χ4v) is 2.08. The first-order valence-electron chi connectivity index (χ1n) is 4.15. The van der Waals surface area contributed by atoms with Gasteiger partial charge in [0.15, 0.2) is 0 Å². The van der Waals surface area contributed by atoms with Crippen molar-refractivity contribution >= 4 is 10.0 Å². The van der Waals surface area contributed by atoms with Crippen LogP contribution in [0.1, 0.15) is 5.56 Å². The van der Waals surface area contributed by atoms with Crippen molar-refractivity contribution in [3.63, 3.8) is 0 Å². The number of hydrogen-bond donors (Lipinski definition) is 1. The Morgan fingerprint density at radius 1 is 1.27 bits per heavy atom. The molecule has 0 aliphatic rings. The second-order valence-electron chi connectivity index (χ2n) is 3.13. The first-order chi connectivity index (χ1) is 6.95. The largest absolute Gasteiger partial charge is 0.253 e. The van der Waals surface area contributed by atoms with Crippen LogP contribution in [0.5, 0.6) is 0 Å². The summed E-state index contributed by atoms with van der Waals surface area (Å²) in [6, 6.07) is 7.63. The van der Waals surface area contributed by atoms with Gasteiger partial charge in [0.05, 0.1) is 16.5 Å². The number of hydrogen-bond acceptors (Lipinski definition) is 4. The predicted octanol–water partition coefficient (Wildman–Crippen LogP) is 0.313. The van der Waals surface area contributed by atoms with Crippen LogP contribution < -0.4 is 4.83 Å². The fraction of sp³-hybridized carbons (Fsp3) is 0.222. The minimum absolute atomic E-state index is 0.134. The Morgan fingerprint density at radius 2 is 1.80 bits per heavy atom. The van der Waals surface area contributed by atoms with Crippen LogP contribution in [-0.4, -0.2) is 27.5 Å². The Labute approximate surface area is 89.0 Å². The molecule has 1 aromatic rings. The molecule has 0 spiro atoms. The van der Waals surface area contributed by atoms with Gasteiger partial charge >= 0.3 is 0 Å². The van der Waals surface area contributed by atoms with Gasteiger partial charge in [-0.15, -0.1) is 4.83 Å². The van der Waals surface area contributed by atoms with Crippen molar-refractivity contribution in [3.05, 3.63) is 29.8 Å². The van der Waals surface area contributed by atoms with Gasteiger partial charge < -0.3 is 0 Å². The maximum Gasteiger partial charge on any atom is 0.253 e. The van der Waals surface area contributed by atoms with Gasteiger partial charge in [0, 0.05) is 14.1 Å². The van der Waals surface area contributed by atoms with E-state index in [0.29, 0.717) is 5.56 Å². The number of nitriles is 1. The standard InChI is InChI=1S/C9H11N3O2S/c1-12(2)11-15(13,14)9-5-3-8(7-10)4-6-9/h3-6,11H,1-2H3. The van der Waals surface area contributed by atoms with Crippen molar-refractivity contribution in [1.82, 2.24) is 9.84 Å². The molecule has 80 valence electrons. The monoisotopic (exact) mass is 225 g/mol. The summed E-state index contributed by atoms with van der Waals surface area (Å²) in [6.07, 6.45) is 0. The third-order valence-corrected chi connectivity index (χ3v) is 3.09. The molecule has 0 saturated carbocycles. The summed E-state index contributed by atoms with van der Waals surface area (Å²) in [5.74, 6) is 0. The average molecular weight is 225 g/mol. The molecule has 6 heteroatoms. The van der Waals surface area contributed by atoms with Crippen molar-refractivity contribution < 1.29 is 8.42 Å². The molecule has 0 amide bonds. The predicted molar refractivity (Wildman–Crippen MR) is 55.2 cm³/mol. The molecular formula is C9H11N3O2S. The highest BCUT2D eigenvalue weighted by atomic mass is 32.2. The van der Waals surface area contributed by atoms with Gasteiger partial charge in [-0.2, -0.15) is 5.26 Å². The summed E-state index contributed by atoms with van der Waals surface area (Å²) in [5.41, 5.74) is 0.429. The number of nitrogens with one attached hydrogen (secondary N) is 1. The summed E-state index contributed by atoms with van der Waals surface area (Å²) in [4.78, 5) is 2.43. The molecule has 15 heavy (non-hydrogen) atoms. The molecule has 0 atom stereocenters. The molecule has 0 radical (unpaired) electrons. The van der Waals surface area contributed by atoms with Gasteiger partial charge in [-0.05, 0) is 24.3 Å². The van der Waals surface area contributed by atoms with E-state index in [1.54, 1.807) is 14.1 Å². The topological polar surface area (TPSA) is 73.2 Å². The van der Waals surface area contributed by atoms with Crippen molar-refractivity contribution in [2.45, 2.75) is 4.90 Å². The van der Waals surface area contributed by atoms with Crippen molar-refractivity contribution in [3.8, 4) is 6.07 Å². The summed E-state index contributed by atoms with van der Waals surface area (Å²) in [5, 5.41) is 9.89. The van der Waals surface area contributed by atoms with E-state index in [1.807, 2.05) is 6.07 Å². The van der Waals surface area contributed by atoms with Crippen LogP contribution in [-0.2, 0) is 10.0 Å². The zero-order valence-corrected chi connectivity index (χ0v) is 9.25. The number of nitrogens with zero attached hydrogens (tertiary/aromatic N) is 2. The molecule has 0 aliphatic heterocycles. The molecule has 0 heterocycles. The van der Waals surface area contributed by atoms with E-state index in [9.17, 15) is 8.42 Å². The van der Waals surface area contributed by atoms with E-state index in [1.165, 1.54) is 29.3 Å². The molecule has 0 saturated heterocycles. The number of hydrazine groups is 1. The van der Waals surface area contributed by atoms with Crippen molar-refractivity contribution in [1.29, 1.82) is 5.26 Å². The molecule has 0 aromatic heterocycles. The third kappa shape index (κ3) is 3.02. The van der Waals surface area contributed by atoms with Gasteiger partial charge in [-0.1, -0.05) is 0 Å².